The third-order valence-electron chi connectivity index (χ3n) is 1.77. The van der Waals surface area contributed by atoms with E-state index in [2.05, 4.69) is 32.6 Å². The van der Waals surface area contributed by atoms with E-state index in [4.69, 9.17) is 0 Å². The van der Waals surface area contributed by atoms with Gasteiger partial charge in [0.15, 0.2) is 0 Å². The van der Waals surface area contributed by atoms with Crippen LogP contribution in [0.15, 0.2) is 0 Å². The quantitative estimate of drug-likeness (QED) is 0.638. The third-order valence-corrected chi connectivity index (χ3v) is 1.77. The highest BCUT2D eigenvalue weighted by molar-refractivity contribution is 5.13. The van der Waals surface area contributed by atoms with E-state index in [1.165, 1.54) is 0 Å². The van der Waals surface area contributed by atoms with E-state index in [1.54, 1.807) is 0 Å². The van der Waals surface area contributed by atoms with Gasteiger partial charge in [0, 0.05) is 6.42 Å². The fourth-order valence-electron chi connectivity index (χ4n) is 1.30. The lowest BCUT2D eigenvalue weighted by atomic mass is 9.93. The Morgan fingerprint density at radius 2 is 1.75 bits per heavy atom. The van der Waals surface area contributed by atoms with E-state index < -0.39 is 5.60 Å². The largest absolute Gasteiger partial charge is 0.378 e. The molecule has 0 aliphatic rings. The van der Waals surface area contributed by atoms with Crippen molar-refractivity contribution in [1.29, 1.82) is 0 Å². The minimum atomic E-state index is -0.749. The van der Waals surface area contributed by atoms with E-state index in [0.29, 0.717) is 6.42 Å². The fraction of sp³-hybridized carbons (Fsp3) is 0.727. The molecule has 12 heavy (non-hydrogen) atoms. The summed E-state index contributed by atoms with van der Waals surface area (Å²) in [5, 5.41) is 9.94. The molecule has 0 aromatic rings. The first-order valence-corrected chi connectivity index (χ1v) is 4.70. The summed E-state index contributed by atoms with van der Waals surface area (Å²) < 4.78 is 0. The van der Waals surface area contributed by atoms with Crippen LogP contribution in [0.1, 0.15) is 46.0 Å². The van der Waals surface area contributed by atoms with Crippen LogP contribution < -0.4 is 0 Å². The number of hydrogen-bond acceptors (Lipinski definition) is 1. The van der Waals surface area contributed by atoms with Crippen molar-refractivity contribution < 1.29 is 5.11 Å². The van der Waals surface area contributed by atoms with Gasteiger partial charge in [-0.25, -0.2) is 0 Å². The highest BCUT2D eigenvalue weighted by Gasteiger charge is 2.20. The highest BCUT2D eigenvalue weighted by atomic mass is 16.3. The standard InChI is InChI=1S/C11H19O/c1-4-7-10-11(12,8-5-2)9-6-3/h12H,1,4-6,8-9H2,2-3H3. The topological polar surface area (TPSA) is 20.2 Å². The van der Waals surface area contributed by atoms with Crippen LogP contribution in [0.5, 0.6) is 0 Å². The van der Waals surface area contributed by atoms with Gasteiger partial charge in [-0.05, 0) is 19.8 Å². The lowest BCUT2D eigenvalue weighted by molar-refractivity contribution is 0.0807. The second kappa shape index (κ2) is 6.08. The molecule has 0 aliphatic heterocycles. The van der Waals surface area contributed by atoms with Crippen molar-refractivity contribution in [2.24, 2.45) is 0 Å². The molecular formula is C11H19O. The summed E-state index contributed by atoms with van der Waals surface area (Å²) in [5.41, 5.74) is -0.749. The molecule has 0 aliphatic carbocycles. The van der Waals surface area contributed by atoms with Crippen LogP contribution in [0.25, 0.3) is 0 Å². The van der Waals surface area contributed by atoms with Gasteiger partial charge in [0.25, 0.3) is 0 Å². The summed E-state index contributed by atoms with van der Waals surface area (Å²) in [4.78, 5) is 0. The van der Waals surface area contributed by atoms with E-state index in [-0.39, 0.29) is 0 Å². The van der Waals surface area contributed by atoms with Crippen molar-refractivity contribution in [3.8, 4) is 11.8 Å². The SMILES string of the molecule is [CH2]CC#CC(O)(CCC)CCC. The van der Waals surface area contributed by atoms with E-state index in [1.807, 2.05) is 0 Å². The zero-order valence-electron chi connectivity index (χ0n) is 8.19. The van der Waals surface area contributed by atoms with Gasteiger partial charge in [-0.15, -0.1) is 5.92 Å². The Kier molecular flexibility index (Phi) is 5.84. The molecule has 0 amide bonds. The molecule has 1 heteroatoms. The lowest BCUT2D eigenvalue weighted by Crippen LogP contribution is -2.25. The molecule has 0 saturated heterocycles. The van der Waals surface area contributed by atoms with Crippen LogP contribution in [0, 0.1) is 18.8 Å². The summed E-state index contributed by atoms with van der Waals surface area (Å²) in [6.45, 7) is 7.75. The molecule has 1 radical (unpaired) electrons. The molecule has 1 nitrogen and oxygen atoms in total. The maximum Gasteiger partial charge on any atom is 0.125 e. The number of rotatable bonds is 4. The Morgan fingerprint density at radius 3 is 2.08 bits per heavy atom. The second-order valence-electron chi connectivity index (χ2n) is 3.08. The van der Waals surface area contributed by atoms with Crippen LogP contribution in [0.3, 0.4) is 0 Å². The van der Waals surface area contributed by atoms with Crippen molar-refractivity contribution in [1.82, 2.24) is 0 Å². The molecule has 0 heterocycles. The van der Waals surface area contributed by atoms with Gasteiger partial charge in [0.05, 0.1) is 0 Å². The van der Waals surface area contributed by atoms with Crippen LogP contribution in [0.4, 0.5) is 0 Å². The average molecular weight is 167 g/mol. The predicted octanol–water partition coefficient (Wildman–Crippen LogP) is 2.55. The molecule has 0 atom stereocenters. The Bertz CT molecular complexity index is 156. The van der Waals surface area contributed by atoms with Gasteiger partial charge in [0.2, 0.25) is 0 Å². The summed E-state index contributed by atoms with van der Waals surface area (Å²) in [6.07, 6.45) is 4.07. The average Bonchev–Trinajstić information content (AvgIpc) is 2.02. The number of hydrogen-bond donors (Lipinski definition) is 1. The summed E-state index contributed by atoms with van der Waals surface area (Å²) in [6, 6.07) is 0. The van der Waals surface area contributed by atoms with Crippen LogP contribution in [-0.4, -0.2) is 10.7 Å². The Balaban J connectivity index is 4.16. The monoisotopic (exact) mass is 167 g/mol. The predicted molar refractivity (Wildman–Crippen MR) is 52.5 cm³/mol. The maximum atomic E-state index is 9.94. The van der Waals surface area contributed by atoms with Gasteiger partial charge in [-0.3, -0.25) is 0 Å². The molecule has 0 rings (SSSR count). The third kappa shape index (κ3) is 4.41. The van der Waals surface area contributed by atoms with E-state index in [9.17, 15) is 5.11 Å². The van der Waals surface area contributed by atoms with Crippen molar-refractivity contribution in [2.75, 3.05) is 0 Å². The van der Waals surface area contributed by atoms with Crippen LogP contribution in [0.2, 0.25) is 0 Å². The summed E-state index contributed by atoms with van der Waals surface area (Å²) in [7, 11) is 0. The lowest BCUT2D eigenvalue weighted by Gasteiger charge is -2.20. The van der Waals surface area contributed by atoms with Gasteiger partial charge >= 0.3 is 0 Å². The van der Waals surface area contributed by atoms with Gasteiger partial charge in [0.1, 0.15) is 5.60 Å². The zero-order chi connectivity index (χ0) is 9.45. The molecule has 0 saturated carbocycles. The first-order valence-electron chi connectivity index (χ1n) is 4.70. The normalized spacial score (nSPS) is 10.7. The Labute approximate surface area is 76.2 Å². The van der Waals surface area contributed by atoms with E-state index in [0.717, 1.165) is 25.7 Å². The fourth-order valence-corrected chi connectivity index (χ4v) is 1.30. The first-order chi connectivity index (χ1) is 5.68. The smallest absolute Gasteiger partial charge is 0.125 e. The van der Waals surface area contributed by atoms with Gasteiger partial charge < -0.3 is 5.11 Å². The van der Waals surface area contributed by atoms with Crippen LogP contribution in [-0.2, 0) is 0 Å². The first kappa shape index (κ1) is 11.5. The molecule has 0 bridgehead atoms. The molecule has 0 aromatic carbocycles. The molecule has 0 fully saturated rings. The maximum absolute atomic E-state index is 9.94. The minimum absolute atomic E-state index is 0.579. The summed E-state index contributed by atoms with van der Waals surface area (Å²) in [5.74, 6) is 5.74. The van der Waals surface area contributed by atoms with Crippen molar-refractivity contribution in [3.05, 3.63) is 6.92 Å². The molecule has 0 aromatic heterocycles. The van der Waals surface area contributed by atoms with Crippen molar-refractivity contribution in [2.45, 2.75) is 51.6 Å². The van der Waals surface area contributed by atoms with Gasteiger partial charge in [-0.1, -0.05) is 32.6 Å². The van der Waals surface area contributed by atoms with E-state index >= 15 is 0 Å². The van der Waals surface area contributed by atoms with Gasteiger partial charge in [-0.2, -0.15) is 0 Å². The Morgan fingerprint density at radius 1 is 1.25 bits per heavy atom. The molecule has 0 unspecified atom stereocenters. The van der Waals surface area contributed by atoms with Crippen molar-refractivity contribution >= 4 is 0 Å². The zero-order valence-corrected chi connectivity index (χ0v) is 8.19. The van der Waals surface area contributed by atoms with Crippen LogP contribution >= 0.6 is 0 Å². The molecular weight excluding hydrogens is 148 g/mol. The summed E-state index contributed by atoms with van der Waals surface area (Å²) >= 11 is 0. The minimum Gasteiger partial charge on any atom is -0.378 e. The number of aliphatic hydroxyl groups is 1. The highest BCUT2D eigenvalue weighted by Crippen LogP contribution is 2.18. The molecule has 1 N–H and O–H groups in total. The second-order valence-corrected chi connectivity index (χ2v) is 3.08. The molecule has 69 valence electrons. The molecule has 0 spiro atoms. The van der Waals surface area contributed by atoms with Crippen molar-refractivity contribution in [3.63, 3.8) is 0 Å². The Hall–Kier alpha value is -0.480.